The Morgan fingerprint density at radius 1 is 1.08 bits per heavy atom. The molecule has 0 bridgehead atoms. The van der Waals surface area contributed by atoms with Crippen molar-refractivity contribution in [2.75, 3.05) is 14.1 Å². The lowest BCUT2D eigenvalue weighted by molar-refractivity contribution is -0.166. The van der Waals surface area contributed by atoms with E-state index >= 15 is 0 Å². The third kappa shape index (κ3) is 3.64. The highest BCUT2D eigenvalue weighted by atomic mass is 35.5. The summed E-state index contributed by atoms with van der Waals surface area (Å²) < 4.78 is 0. The van der Waals surface area contributed by atoms with Crippen molar-refractivity contribution in [3.05, 3.63) is 81.1 Å². The number of nitrogens with zero attached hydrogens (tertiary/aromatic N) is 1. The van der Waals surface area contributed by atoms with E-state index in [1.54, 1.807) is 36.4 Å². The third-order valence-corrected chi connectivity index (χ3v) is 7.97. The summed E-state index contributed by atoms with van der Waals surface area (Å²) in [5.74, 6) is -8.94. The summed E-state index contributed by atoms with van der Waals surface area (Å²) in [7, 11) is 2.89. The van der Waals surface area contributed by atoms with E-state index in [-0.39, 0.29) is 11.3 Å². The molecular weight excluding hydrogens is 528 g/mol. The van der Waals surface area contributed by atoms with Crippen molar-refractivity contribution in [2.24, 2.45) is 17.6 Å². The number of halogens is 1. The zero-order valence-electron chi connectivity index (χ0n) is 20.8. The number of benzene rings is 2. The summed E-state index contributed by atoms with van der Waals surface area (Å²) in [6.07, 6.45) is -0.112. The smallest absolute Gasteiger partial charge is 0.255 e. The molecule has 0 aromatic heterocycles. The van der Waals surface area contributed by atoms with Gasteiger partial charge in [0.15, 0.2) is 11.4 Å². The summed E-state index contributed by atoms with van der Waals surface area (Å²) in [6.45, 7) is 0. The number of aliphatic hydroxyl groups excluding tert-OH is 3. The van der Waals surface area contributed by atoms with Crippen LogP contribution in [0.25, 0.3) is 17.4 Å². The predicted molar refractivity (Wildman–Crippen MR) is 141 cm³/mol. The van der Waals surface area contributed by atoms with Crippen LogP contribution in [0.4, 0.5) is 0 Å². The van der Waals surface area contributed by atoms with Gasteiger partial charge in [-0.05, 0) is 49.0 Å². The van der Waals surface area contributed by atoms with Gasteiger partial charge in [0.2, 0.25) is 5.78 Å². The van der Waals surface area contributed by atoms with Gasteiger partial charge in [-0.25, -0.2) is 0 Å². The van der Waals surface area contributed by atoms with Gasteiger partial charge < -0.3 is 31.3 Å². The number of hydrogen-bond acceptors (Lipinski definition) is 9. The van der Waals surface area contributed by atoms with Gasteiger partial charge in [-0.1, -0.05) is 41.9 Å². The fourth-order valence-corrected chi connectivity index (χ4v) is 6.17. The number of phenolic OH excluding ortho intramolecular Hbond substituents is 1. The van der Waals surface area contributed by atoms with Crippen LogP contribution in [-0.2, 0) is 14.4 Å². The number of hydrogen-bond donors (Lipinski definition) is 6. The van der Waals surface area contributed by atoms with E-state index in [1.807, 2.05) is 0 Å². The summed E-state index contributed by atoms with van der Waals surface area (Å²) in [5, 5.41) is 57.1. The second-order valence-electron chi connectivity index (χ2n) is 10.1. The van der Waals surface area contributed by atoms with E-state index in [0.717, 1.165) is 0 Å². The molecule has 0 heterocycles. The average molecular weight is 553 g/mol. The molecule has 2 aromatic carbocycles. The van der Waals surface area contributed by atoms with Crippen LogP contribution in [0.1, 0.15) is 16.7 Å². The molecule has 10 nitrogen and oxygen atoms in total. The van der Waals surface area contributed by atoms with Crippen LogP contribution in [-0.4, -0.2) is 79.7 Å². The van der Waals surface area contributed by atoms with Crippen molar-refractivity contribution in [1.29, 1.82) is 0 Å². The SMILES string of the molecule is CN(C)[C@H]1C(=O)C(C(N)=O)=C(O)[C@]2(O)C(=O)C3=C(O)c4c(O)cccc4/C(=C\c4ccc(Cl)cc4)[C@@H]3[C@@H](O)[C@H]12. The number of fused-ring (bicyclic) bond motifs is 3. The Bertz CT molecular complexity index is 1540. The number of rotatable bonds is 3. The van der Waals surface area contributed by atoms with E-state index in [0.29, 0.717) is 21.7 Å². The molecule has 5 rings (SSSR count). The normalized spacial score (nSPS) is 29.4. The second kappa shape index (κ2) is 9.06. The van der Waals surface area contributed by atoms with Gasteiger partial charge in [-0.2, -0.15) is 0 Å². The van der Waals surface area contributed by atoms with Crippen molar-refractivity contribution in [3.8, 4) is 5.75 Å². The number of likely N-dealkylation sites (N-methyl/N-ethyl adjacent to an activating group) is 1. The minimum Gasteiger partial charge on any atom is -0.508 e. The topological polar surface area (TPSA) is 182 Å². The van der Waals surface area contributed by atoms with E-state index in [2.05, 4.69) is 0 Å². The highest BCUT2D eigenvalue weighted by Gasteiger charge is 2.68. The third-order valence-electron chi connectivity index (χ3n) is 7.72. The molecule has 2 aromatic rings. The zero-order chi connectivity index (χ0) is 28.5. The fourth-order valence-electron chi connectivity index (χ4n) is 6.05. The fraction of sp³-hybridized carbons (Fsp3) is 0.250. The molecule has 202 valence electrons. The number of amides is 1. The van der Waals surface area contributed by atoms with Crippen molar-refractivity contribution >= 4 is 46.5 Å². The Labute approximate surface area is 227 Å². The van der Waals surface area contributed by atoms with Gasteiger partial charge in [-0.15, -0.1) is 0 Å². The largest absolute Gasteiger partial charge is 0.508 e. The van der Waals surface area contributed by atoms with Crippen LogP contribution in [0.15, 0.2) is 59.4 Å². The van der Waals surface area contributed by atoms with Crippen LogP contribution < -0.4 is 5.73 Å². The Morgan fingerprint density at radius 3 is 2.31 bits per heavy atom. The van der Waals surface area contributed by atoms with E-state index < -0.39 is 69.7 Å². The average Bonchev–Trinajstić information content (AvgIpc) is 2.86. The predicted octanol–water partition coefficient (Wildman–Crippen LogP) is 1.59. The molecule has 0 spiro atoms. The molecule has 5 atom stereocenters. The summed E-state index contributed by atoms with van der Waals surface area (Å²) in [6, 6.07) is 9.58. The van der Waals surface area contributed by atoms with E-state index in [9.17, 15) is 39.9 Å². The molecule has 1 saturated carbocycles. The van der Waals surface area contributed by atoms with Crippen molar-refractivity contribution in [2.45, 2.75) is 17.7 Å². The molecular formula is C28H25ClN2O8. The number of aromatic hydroxyl groups is 1. The highest BCUT2D eigenvalue weighted by molar-refractivity contribution is 6.30. The van der Waals surface area contributed by atoms with Crippen LogP contribution in [0, 0.1) is 11.8 Å². The highest BCUT2D eigenvalue weighted by Crippen LogP contribution is 2.56. The number of carbonyl (C=O) groups excluding carboxylic acids is 3. The molecule has 0 aliphatic heterocycles. The Morgan fingerprint density at radius 2 is 1.72 bits per heavy atom. The number of ketones is 2. The Balaban J connectivity index is 1.86. The first-order valence-electron chi connectivity index (χ1n) is 11.9. The molecule has 3 aliphatic rings. The molecule has 3 aliphatic carbocycles. The summed E-state index contributed by atoms with van der Waals surface area (Å²) >= 11 is 6.02. The molecule has 0 radical (unpaired) electrons. The minimum absolute atomic E-state index is 0.124. The monoisotopic (exact) mass is 552 g/mol. The maximum absolute atomic E-state index is 14.1. The minimum atomic E-state index is -2.99. The summed E-state index contributed by atoms with van der Waals surface area (Å²) in [4.78, 5) is 40.9. The molecule has 0 unspecified atom stereocenters. The molecule has 0 saturated heterocycles. The van der Waals surface area contributed by atoms with Gasteiger partial charge in [0.1, 0.15) is 22.8 Å². The number of nitrogens with two attached hydrogens (primary N) is 1. The second-order valence-corrected chi connectivity index (χ2v) is 10.5. The van der Waals surface area contributed by atoms with Gasteiger partial charge >= 0.3 is 0 Å². The zero-order valence-corrected chi connectivity index (χ0v) is 21.5. The first kappa shape index (κ1) is 26.6. The Hall–Kier alpha value is -3.96. The number of phenols is 1. The van der Waals surface area contributed by atoms with Crippen LogP contribution in [0.3, 0.4) is 0 Å². The van der Waals surface area contributed by atoms with Gasteiger partial charge in [0, 0.05) is 10.9 Å². The maximum atomic E-state index is 14.1. The quantitative estimate of drug-likeness (QED) is 0.308. The number of carbonyl (C=O) groups is 3. The van der Waals surface area contributed by atoms with Crippen molar-refractivity contribution < 1.29 is 39.9 Å². The first-order chi connectivity index (χ1) is 18.3. The van der Waals surface area contributed by atoms with Crippen molar-refractivity contribution in [1.82, 2.24) is 4.90 Å². The van der Waals surface area contributed by atoms with Gasteiger partial charge in [-0.3, -0.25) is 19.3 Å². The molecule has 1 amide bonds. The van der Waals surface area contributed by atoms with Crippen LogP contribution >= 0.6 is 11.6 Å². The lowest BCUT2D eigenvalue weighted by atomic mass is 9.55. The number of aliphatic hydroxyl groups is 4. The van der Waals surface area contributed by atoms with E-state index in [4.69, 9.17) is 17.3 Å². The molecule has 11 heteroatoms. The number of primary amides is 1. The Kier molecular flexibility index (Phi) is 6.19. The summed E-state index contributed by atoms with van der Waals surface area (Å²) in [5.41, 5.74) is 1.96. The van der Waals surface area contributed by atoms with Crippen LogP contribution in [0.5, 0.6) is 5.75 Å². The molecule has 7 N–H and O–H groups in total. The van der Waals surface area contributed by atoms with Crippen molar-refractivity contribution in [3.63, 3.8) is 0 Å². The maximum Gasteiger partial charge on any atom is 0.255 e. The molecule has 1 fully saturated rings. The molecule has 39 heavy (non-hydrogen) atoms. The number of Topliss-reactive ketones (excluding diaryl/α,β-unsaturated/α-hetero) is 2. The van der Waals surface area contributed by atoms with Crippen LogP contribution in [0.2, 0.25) is 5.02 Å². The first-order valence-corrected chi connectivity index (χ1v) is 12.3. The van der Waals surface area contributed by atoms with Gasteiger partial charge in [0.05, 0.1) is 29.2 Å². The standard InChI is InChI=1S/C28H25ClN2O8/c1-31(2)21-20-23(34)17-14(10-11-6-8-12(29)9-7-11)13-4-3-5-15(32)16(13)22(33)18(17)25(36)28(20,39)26(37)19(24(21)35)27(30)38/h3-10,17,20-21,23,32-34,37,39H,1-2H3,(H2,30,38)/b14-10+/t17-,20-,21+,23+,28+/m0/s1. The lowest BCUT2D eigenvalue weighted by Gasteiger charge is -2.53. The lowest BCUT2D eigenvalue weighted by Crippen LogP contribution is -2.70. The van der Waals surface area contributed by atoms with E-state index in [1.165, 1.54) is 31.1 Å². The van der Waals surface area contributed by atoms with Gasteiger partial charge in [0.25, 0.3) is 5.91 Å².